The van der Waals surface area contributed by atoms with Crippen LogP contribution >= 0.6 is 0 Å². The van der Waals surface area contributed by atoms with Crippen molar-refractivity contribution < 1.29 is 24.2 Å². The first-order chi connectivity index (χ1) is 16.4. The van der Waals surface area contributed by atoms with Crippen molar-refractivity contribution in [2.75, 3.05) is 24.6 Å². The van der Waals surface area contributed by atoms with E-state index in [2.05, 4.69) is 0 Å². The molecule has 1 spiro atoms. The molecule has 0 bridgehead atoms. The van der Waals surface area contributed by atoms with Gasteiger partial charge in [0, 0.05) is 30.8 Å². The Bertz CT molecular complexity index is 1200. The highest BCUT2D eigenvalue weighted by atomic mass is 16.5. The zero-order chi connectivity index (χ0) is 24.0. The van der Waals surface area contributed by atoms with Gasteiger partial charge in [0.25, 0.3) is 17.6 Å². The third-order valence-corrected chi connectivity index (χ3v) is 6.99. The maximum atomic E-state index is 14.2. The van der Waals surface area contributed by atoms with Gasteiger partial charge in [-0.2, -0.15) is 0 Å². The molecule has 0 aliphatic carbocycles. The van der Waals surface area contributed by atoms with Crippen LogP contribution in [0, 0.1) is 6.92 Å². The first kappa shape index (κ1) is 22.3. The number of hydrogen-bond acceptors (Lipinski definition) is 5. The summed E-state index contributed by atoms with van der Waals surface area (Å²) in [5.41, 5.74) is 0.680. The number of amides is 2. The molecule has 2 saturated heterocycles. The van der Waals surface area contributed by atoms with E-state index in [1.54, 1.807) is 29.2 Å². The van der Waals surface area contributed by atoms with Crippen molar-refractivity contribution in [3.8, 4) is 0 Å². The highest BCUT2D eigenvalue weighted by Gasteiger charge is 2.67. The summed E-state index contributed by atoms with van der Waals surface area (Å²) < 4.78 is 5.78. The molecule has 0 aromatic heterocycles. The molecule has 7 heteroatoms. The van der Waals surface area contributed by atoms with E-state index in [1.807, 2.05) is 38.1 Å². The fraction of sp³-hybridized carbons (Fsp3) is 0.370. The number of likely N-dealkylation sites (tertiary alicyclic amines) is 1. The van der Waals surface area contributed by atoms with Gasteiger partial charge >= 0.3 is 0 Å². The molecule has 34 heavy (non-hydrogen) atoms. The van der Waals surface area contributed by atoms with Crippen LogP contribution in [-0.2, 0) is 24.7 Å². The van der Waals surface area contributed by atoms with E-state index in [4.69, 9.17) is 4.74 Å². The molecule has 3 aliphatic heterocycles. The second-order valence-electron chi connectivity index (χ2n) is 9.15. The smallest absolute Gasteiger partial charge is 0.296 e. The Morgan fingerprint density at radius 1 is 1.12 bits per heavy atom. The second kappa shape index (κ2) is 8.40. The van der Waals surface area contributed by atoms with Crippen LogP contribution in [0.1, 0.15) is 42.9 Å². The zero-order valence-electron chi connectivity index (χ0n) is 19.4. The van der Waals surface area contributed by atoms with Crippen molar-refractivity contribution in [3.63, 3.8) is 0 Å². The molecule has 2 aromatic carbocycles. The van der Waals surface area contributed by atoms with Crippen molar-refractivity contribution >= 4 is 29.0 Å². The average Bonchev–Trinajstić information content (AvgIpc) is 3.49. The fourth-order valence-corrected chi connectivity index (χ4v) is 5.41. The van der Waals surface area contributed by atoms with Crippen LogP contribution in [-0.4, -0.2) is 53.4 Å². The first-order valence-electron chi connectivity index (χ1n) is 11.8. The minimum Gasteiger partial charge on any atom is -0.507 e. The molecule has 2 unspecified atom stereocenters. The van der Waals surface area contributed by atoms with Crippen LogP contribution in [0.3, 0.4) is 0 Å². The molecule has 0 saturated carbocycles. The van der Waals surface area contributed by atoms with E-state index in [1.165, 1.54) is 4.90 Å². The van der Waals surface area contributed by atoms with Crippen LogP contribution in [0.5, 0.6) is 0 Å². The Kier molecular flexibility index (Phi) is 5.52. The number of hydrogen-bond donors (Lipinski definition) is 1. The molecular formula is C27H28N2O5. The standard InChI is InChI=1S/C27H28N2O5/c1-3-14-28-21-9-5-4-8-20(21)27(26(28)33)22(23(30)18-12-10-17(2)11-13-18)24(31)25(32)29(27)16-19-7-6-15-34-19/h4-5,8-13,19,30H,3,6-7,14-16H2,1-2H3/b23-22+. The summed E-state index contributed by atoms with van der Waals surface area (Å²) in [4.78, 5) is 44.2. The molecule has 2 atom stereocenters. The first-order valence-corrected chi connectivity index (χ1v) is 11.8. The highest BCUT2D eigenvalue weighted by Crippen LogP contribution is 2.53. The predicted octanol–water partition coefficient (Wildman–Crippen LogP) is 3.51. The van der Waals surface area contributed by atoms with Crippen molar-refractivity contribution in [1.82, 2.24) is 4.90 Å². The van der Waals surface area contributed by atoms with Gasteiger partial charge in [0.05, 0.1) is 17.4 Å². The minimum absolute atomic E-state index is 0.106. The van der Waals surface area contributed by atoms with Gasteiger partial charge in [-0.1, -0.05) is 55.0 Å². The number of carbonyl (C=O) groups is 3. The number of ether oxygens (including phenoxy) is 1. The Morgan fingerprint density at radius 2 is 1.85 bits per heavy atom. The van der Waals surface area contributed by atoms with Crippen LogP contribution in [0.4, 0.5) is 5.69 Å². The molecule has 2 aromatic rings. The molecule has 0 radical (unpaired) electrons. The summed E-state index contributed by atoms with van der Waals surface area (Å²) in [7, 11) is 0. The van der Waals surface area contributed by atoms with E-state index in [0.29, 0.717) is 36.4 Å². The summed E-state index contributed by atoms with van der Waals surface area (Å²) in [6.45, 7) is 5.01. The van der Waals surface area contributed by atoms with Gasteiger partial charge < -0.3 is 19.6 Å². The van der Waals surface area contributed by atoms with Gasteiger partial charge in [-0.3, -0.25) is 14.4 Å². The van der Waals surface area contributed by atoms with Gasteiger partial charge in [0.1, 0.15) is 5.76 Å². The van der Waals surface area contributed by atoms with Gasteiger partial charge in [-0.25, -0.2) is 0 Å². The number of aliphatic hydroxyl groups is 1. The van der Waals surface area contributed by atoms with E-state index >= 15 is 0 Å². The number of para-hydroxylation sites is 1. The quantitative estimate of drug-likeness (QED) is 0.419. The fourth-order valence-electron chi connectivity index (χ4n) is 5.41. The summed E-state index contributed by atoms with van der Waals surface area (Å²) in [5, 5.41) is 11.4. The third-order valence-electron chi connectivity index (χ3n) is 6.99. The van der Waals surface area contributed by atoms with E-state index < -0.39 is 17.2 Å². The second-order valence-corrected chi connectivity index (χ2v) is 9.15. The number of benzene rings is 2. The molecule has 176 valence electrons. The SMILES string of the molecule is CCCN1C(=O)C2(/C(=C(/O)c3ccc(C)cc3)C(=O)C(=O)N2CC2CCCO2)c2ccccc21. The number of Topliss-reactive ketones (excluding diaryl/α,β-unsaturated/α-hetero) is 1. The van der Waals surface area contributed by atoms with Gasteiger partial charge in [0.2, 0.25) is 0 Å². The van der Waals surface area contributed by atoms with Crippen molar-refractivity contribution in [2.24, 2.45) is 0 Å². The van der Waals surface area contributed by atoms with Crippen molar-refractivity contribution in [1.29, 1.82) is 0 Å². The van der Waals surface area contributed by atoms with Gasteiger partial charge in [-0.15, -0.1) is 0 Å². The lowest BCUT2D eigenvalue weighted by molar-refractivity contribution is -0.145. The zero-order valence-corrected chi connectivity index (χ0v) is 19.4. The molecule has 3 heterocycles. The highest BCUT2D eigenvalue weighted by molar-refractivity contribution is 6.50. The molecule has 5 rings (SSSR count). The normalized spacial score (nSPS) is 25.6. The van der Waals surface area contributed by atoms with Gasteiger partial charge in [0.15, 0.2) is 5.54 Å². The Morgan fingerprint density at radius 3 is 2.53 bits per heavy atom. The van der Waals surface area contributed by atoms with Crippen LogP contribution in [0.25, 0.3) is 5.76 Å². The monoisotopic (exact) mass is 460 g/mol. The molecule has 7 nitrogen and oxygen atoms in total. The summed E-state index contributed by atoms with van der Waals surface area (Å²) in [5.74, 6) is -2.36. The molecule has 3 aliphatic rings. The lowest BCUT2D eigenvalue weighted by Crippen LogP contribution is -2.53. The van der Waals surface area contributed by atoms with Crippen LogP contribution in [0.2, 0.25) is 0 Å². The largest absolute Gasteiger partial charge is 0.507 e. The Labute approximate surface area is 198 Å². The van der Waals surface area contributed by atoms with Crippen LogP contribution in [0.15, 0.2) is 54.1 Å². The van der Waals surface area contributed by atoms with Crippen LogP contribution < -0.4 is 4.90 Å². The number of aliphatic hydroxyl groups excluding tert-OH is 1. The molecule has 1 N–H and O–H groups in total. The Balaban J connectivity index is 1.79. The maximum absolute atomic E-state index is 14.2. The summed E-state index contributed by atoms with van der Waals surface area (Å²) in [6, 6.07) is 14.3. The van der Waals surface area contributed by atoms with Crippen molar-refractivity contribution in [3.05, 3.63) is 70.8 Å². The number of rotatable bonds is 5. The van der Waals surface area contributed by atoms with E-state index in [-0.39, 0.29) is 29.9 Å². The Hall–Kier alpha value is -3.45. The minimum atomic E-state index is -1.72. The topological polar surface area (TPSA) is 87.2 Å². The summed E-state index contributed by atoms with van der Waals surface area (Å²) in [6.07, 6.45) is 2.03. The number of fused-ring (bicyclic) bond motifs is 2. The summed E-state index contributed by atoms with van der Waals surface area (Å²) >= 11 is 0. The average molecular weight is 461 g/mol. The lowest BCUT2D eigenvalue weighted by atomic mass is 9.81. The predicted molar refractivity (Wildman–Crippen MR) is 127 cm³/mol. The molecule has 2 fully saturated rings. The van der Waals surface area contributed by atoms with Gasteiger partial charge in [-0.05, 0) is 32.3 Å². The number of nitrogens with zero attached hydrogens (tertiary/aromatic N) is 2. The lowest BCUT2D eigenvalue weighted by Gasteiger charge is -2.35. The number of ketones is 1. The third kappa shape index (κ3) is 3.10. The van der Waals surface area contributed by atoms with Crippen molar-refractivity contribution in [2.45, 2.75) is 44.8 Å². The molecular weight excluding hydrogens is 432 g/mol. The number of anilines is 1. The van der Waals surface area contributed by atoms with E-state index in [0.717, 1.165) is 18.4 Å². The number of aryl methyl sites for hydroxylation is 1. The number of carbonyl (C=O) groups excluding carboxylic acids is 3. The maximum Gasteiger partial charge on any atom is 0.296 e. The molecule has 2 amide bonds. The van der Waals surface area contributed by atoms with E-state index in [9.17, 15) is 19.5 Å².